The van der Waals surface area contributed by atoms with E-state index in [1.807, 2.05) is 0 Å². The summed E-state index contributed by atoms with van der Waals surface area (Å²) >= 11 is 0. The van der Waals surface area contributed by atoms with E-state index in [0.717, 1.165) is 11.4 Å². The molecular formula is C54H66N2. The molecule has 0 bridgehead atoms. The fourth-order valence-corrected chi connectivity index (χ4v) is 8.14. The zero-order valence-electron chi connectivity index (χ0n) is 37.3. The van der Waals surface area contributed by atoms with Crippen LogP contribution in [0, 0.1) is 27.7 Å². The third kappa shape index (κ3) is 8.04. The molecule has 6 rings (SSSR count). The van der Waals surface area contributed by atoms with Crippen LogP contribution in [0.25, 0.3) is 10.8 Å². The van der Waals surface area contributed by atoms with Gasteiger partial charge in [0, 0.05) is 22.1 Å². The van der Waals surface area contributed by atoms with Crippen LogP contribution in [0.5, 0.6) is 0 Å². The highest BCUT2D eigenvalue weighted by Gasteiger charge is 2.27. The van der Waals surface area contributed by atoms with Crippen LogP contribution in [0.2, 0.25) is 0 Å². The van der Waals surface area contributed by atoms with Gasteiger partial charge in [-0.15, -0.1) is 0 Å². The van der Waals surface area contributed by atoms with E-state index in [-0.39, 0.29) is 21.7 Å². The maximum atomic E-state index is 2.51. The number of benzene rings is 6. The molecule has 0 aliphatic rings. The molecule has 292 valence electrons. The maximum Gasteiger partial charge on any atom is 0.0541 e. The first kappa shape index (κ1) is 40.8. The topological polar surface area (TPSA) is 6.48 Å². The Morgan fingerprint density at radius 1 is 0.321 bits per heavy atom. The SMILES string of the molecule is Cc1cc(C(C)(C)C)cc(C)c1N(c1ccc(C(C)(C)C)cc1)c1ccc(N(c2ccc(C(C)(C)C)cc2)c2c(C)cc(C(C)(C)C)cc2C)c2ccccc12. The Hall–Kier alpha value is -4.82. The molecule has 0 unspecified atom stereocenters. The molecule has 0 fully saturated rings. The lowest BCUT2D eigenvalue weighted by Crippen LogP contribution is -2.18. The number of rotatable bonds is 6. The Kier molecular flexibility index (Phi) is 10.6. The molecule has 0 aliphatic heterocycles. The number of aryl methyl sites for hydroxylation is 4. The lowest BCUT2D eigenvalue weighted by Gasteiger charge is -2.34. The number of fused-ring (bicyclic) bond motifs is 1. The second-order valence-electron chi connectivity index (χ2n) is 20.3. The van der Waals surface area contributed by atoms with Crippen LogP contribution < -0.4 is 9.80 Å². The van der Waals surface area contributed by atoms with Gasteiger partial charge in [0.2, 0.25) is 0 Å². The highest BCUT2D eigenvalue weighted by Crippen LogP contribution is 2.49. The van der Waals surface area contributed by atoms with Crippen molar-refractivity contribution in [1.82, 2.24) is 0 Å². The van der Waals surface area contributed by atoms with Crippen molar-refractivity contribution in [3.05, 3.63) is 154 Å². The quantitative estimate of drug-likeness (QED) is 0.168. The van der Waals surface area contributed by atoms with Gasteiger partial charge >= 0.3 is 0 Å². The van der Waals surface area contributed by atoms with Crippen LogP contribution in [0.4, 0.5) is 34.1 Å². The van der Waals surface area contributed by atoms with E-state index in [2.05, 4.69) is 230 Å². The van der Waals surface area contributed by atoms with Gasteiger partial charge in [0.25, 0.3) is 0 Å². The lowest BCUT2D eigenvalue weighted by atomic mass is 9.84. The first-order chi connectivity index (χ1) is 26.0. The molecule has 0 radical (unpaired) electrons. The summed E-state index contributed by atoms with van der Waals surface area (Å²) in [4.78, 5) is 5.01. The Bertz CT molecular complexity index is 2150. The van der Waals surface area contributed by atoms with Gasteiger partial charge in [-0.25, -0.2) is 0 Å². The predicted molar refractivity (Wildman–Crippen MR) is 247 cm³/mol. The summed E-state index contributed by atoms with van der Waals surface area (Å²) < 4.78 is 0. The average Bonchev–Trinajstić information content (AvgIpc) is 3.10. The minimum absolute atomic E-state index is 0.0530. The largest absolute Gasteiger partial charge is 0.309 e. The van der Waals surface area contributed by atoms with Gasteiger partial charge < -0.3 is 9.80 Å². The van der Waals surface area contributed by atoms with Crippen molar-refractivity contribution in [2.45, 2.75) is 132 Å². The average molecular weight is 743 g/mol. The van der Waals surface area contributed by atoms with Crippen molar-refractivity contribution >= 4 is 44.9 Å². The summed E-state index contributed by atoms with van der Waals surface area (Å²) in [5.41, 5.74) is 17.8. The van der Waals surface area contributed by atoms with Crippen LogP contribution in [-0.2, 0) is 21.7 Å². The van der Waals surface area contributed by atoms with Crippen LogP contribution in [0.15, 0.2) is 109 Å². The molecule has 0 atom stereocenters. The predicted octanol–water partition coefficient (Wildman–Crippen LogP) is 16.2. The van der Waals surface area contributed by atoms with Crippen molar-refractivity contribution in [2.75, 3.05) is 9.80 Å². The van der Waals surface area contributed by atoms with E-state index in [0.29, 0.717) is 0 Å². The van der Waals surface area contributed by atoms with Gasteiger partial charge in [0.15, 0.2) is 0 Å². The minimum atomic E-state index is 0.0530. The molecule has 0 saturated heterocycles. The van der Waals surface area contributed by atoms with E-state index in [1.165, 1.54) is 78.0 Å². The molecule has 0 spiro atoms. The van der Waals surface area contributed by atoms with Gasteiger partial charge in [0.1, 0.15) is 0 Å². The number of nitrogens with zero attached hydrogens (tertiary/aromatic N) is 2. The molecule has 0 saturated carbocycles. The van der Waals surface area contributed by atoms with Crippen molar-refractivity contribution < 1.29 is 0 Å². The zero-order valence-corrected chi connectivity index (χ0v) is 37.3. The van der Waals surface area contributed by atoms with Crippen LogP contribution in [0.3, 0.4) is 0 Å². The summed E-state index contributed by atoms with van der Waals surface area (Å²) in [5, 5.41) is 2.42. The minimum Gasteiger partial charge on any atom is -0.309 e. The molecule has 0 heterocycles. The van der Waals surface area contributed by atoms with E-state index in [4.69, 9.17) is 0 Å². The molecule has 56 heavy (non-hydrogen) atoms. The number of hydrogen-bond donors (Lipinski definition) is 0. The fourth-order valence-electron chi connectivity index (χ4n) is 8.14. The Morgan fingerprint density at radius 3 is 0.839 bits per heavy atom. The molecule has 6 aromatic rings. The van der Waals surface area contributed by atoms with Crippen LogP contribution >= 0.6 is 0 Å². The van der Waals surface area contributed by atoms with E-state index in [9.17, 15) is 0 Å². The monoisotopic (exact) mass is 743 g/mol. The smallest absolute Gasteiger partial charge is 0.0541 e. The third-order valence-electron chi connectivity index (χ3n) is 11.5. The third-order valence-corrected chi connectivity index (χ3v) is 11.5. The van der Waals surface area contributed by atoms with Crippen LogP contribution in [-0.4, -0.2) is 0 Å². The van der Waals surface area contributed by atoms with Crippen molar-refractivity contribution in [1.29, 1.82) is 0 Å². The van der Waals surface area contributed by atoms with E-state index in [1.54, 1.807) is 0 Å². The van der Waals surface area contributed by atoms with Crippen LogP contribution in [0.1, 0.15) is 128 Å². The summed E-state index contributed by atoms with van der Waals surface area (Å²) in [6.07, 6.45) is 0. The molecule has 6 aromatic carbocycles. The Balaban J connectivity index is 1.65. The molecule has 0 amide bonds. The lowest BCUT2D eigenvalue weighted by molar-refractivity contribution is 0.589. The standard InChI is InChI=1S/C54H66N2/c1-35-31-41(53(11,12)13)32-36(2)49(35)55(43-25-21-39(22-26-43)51(5,6)7)47-29-30-48(46-20-18-17-19-45(46)47)56(44-27-23-40(24-28-44)52(8,9)10)50-37(3)33-42(34-38(50)4)54(14,15)16/h17-34H,1-16H3. The summed E-state index contributed by atoms with van der Waals surface area (Å²) in [5.74, 6) is 0. The van der Waals surface area contributed by atoms with Gasteiger partial charge in [-0.2, -0.15) is 0 Å². The first-order valence-corrected chi connectivity index (χ1v) is 20.5. The Morgan fingerprint density at radius 2 is 0.589 bits per heavy atom. The second-order valence-corrected chi connectivity index (χ2v) is 20.3. The van der Waals surface area contributed by atoms with Crippen molar-refractivity contribution in [3.63, 3.8) is 0 Å². The highest BCUT2D eigenvalue weighted by molar-refractivity contribution is 6.08. The van der Waals surface area contributed by atoms with E-state index >= 15 is 0 Å². The fraction of sp³-hybridized carbons (Fsp3) is 0.370. The maximum absolute atomic E-state index is 2.51. The molecule has 0 aromatic heterocycles. The normalized spacial score (nSPS) is 12.6. The highest BCUT2D eigenvalue weighted by atomic mass is 15.2. The number of anilines is 6. The summed E-state index contributed by atoms with van der Waals surface area (Å²) in [6, 6.07) is 41.8. The van der Waals surface area contributed by atoms with Gasteiger partial charge in [-0.1, -0.05) is 156 Å². The molecular weight excluding hydrogens is 677 g/mol. The summed E-state index contributed by atoms with van der Waals surface area (Å²) in [7, 11) is 0. The molecule has 2 nitrogen and oxygen atoms in total. The second kappa shape index (κ2) is 14.6. The number of hydrogen-bond acceptors (Lipinski definition) is 2. The zero-order chi connectivity index (χ0) is 41.1. The summed E-state index contributed by atoms with van der Waals surface area (Å²) in [6.45, 7) is 36.7. The van der Waals surface area contributed by atoms with E-state index < -0.39 is 0 Å². The molecule has 0 N–H and O–H groups in total. The van der Waals surface area contributed by atoms with Gasteiger partial charge in [0.05, 0.1) is 22.7 Å². The molecule has 2 heteroatoms. The van der Waals surface area contributed by atoms with Gasteiger partial charge in [-0.05, 0) is 130 Å². The first-order valence-electron chi connectivity index (χ1n) is 20.5. The van der Waals surface area contributed by atoms with Crippen molar-refractivity contribution in [3.8, 4) is 0 Å². The van der Waals surface area contributed by atoms with Gasteiger partial charge in [-0.3, -0.25) is 0 Å². The van der Waals surface area contributed by atoms with Crippen molar-refractivity contribution in [2.24, 2.45) is 0 Å². The molecule has 0 aliphatic carbocycles. The Labute approximate surface area is 339 Å².